The zero-order valence-electron chi connectivity index (χ0n) is 13.3. The molecule has 0 saturated heterocycles. The second kappa shape index (κ2) is 7.30. The van der Waals surface area contributed by atoms with Crippen LogP contribution in [0.4, 0.5) is 4.39 Å². The van der Waals surface area contributed by atoms with Gasteiger partial charge in [-0.05, 0) is 24.8 Å². The van der Waals surface area contributed by atoms with Gasteiger partial charge < -0.3 is 10.1 Å². The van der Waals surface area contributed by atoms with Crippen molar-refractivity contribution >= 4 is 23.5 Å². The molecule has 1 aliphatic rings. The van der Waals surface area contributed by atoms with Gasteiger partial charge in [-0.2, -0.15) is 0 Å². The summed E-state index contributed by atoms with van der Waals surface area (Å²) in [6, 6.07) is 5.85. The Balaban J connectivity index is 2.24. The first-order chi connectivity index (χ1) is 10.9. The molecule has 4 nitrogen and oxygen atoms in total. The number of amides is 1. The molecule has 23 heavy (non-hydrogen) atoms. The number of carbonyl (C=O) groups excluding carboxylic acids is 2. The summed E-state index contributed by atoms with van der Waals surface area (Å²) in [4.78, 5) is 24.8. The van der Waals surface area contributed by atoms with Crippen LogP contribution in [0.5, 0.6) is 0 Å². The Bertz CT molecular complexity index is 595. The van der Waals surface area contributed by atoms with Crippen molar-refractivity contribution in [3.05, 3.63) is 35.6 Å². The molecule has 2 rings (SSSR count). The van der Waals surface area contributed by atoms with Gasteiger partial charge in [-0.15, -0.1) is 11.6 Å². The molecular weight excluding hydrogens is 321 g/mol. The summed E-state index contributed by atoms with van der Waals surface area (Å²) in [5, 5.41) is 1.54. The van der Waals surface area contributed by atoms with Crippen molar-refractivity contribution < 1.29 is 18.7 Å². The van der Waals surface area contributed by atoms with E-state index in [4.69, 9.17) is 16.3 Å². The molecule has 6 heteroatoms. The minimum Gasteiger partial charge on any atom is -0.467 e. The number of nitrogens with one attached hydrogen (secondary N) is 1. The molecule has 1 saturated carbocycles. The lowest BCUT2D eigenvalue weighted by Gasteiger charge is -2.41. The third kappa shape index (κ3) is 3.50. The first-order valence-corrected chi connectivity index (χ1v) is 8.15. The zero-order valence-corrected chi connectivity index (χ0v) is 14.0. The van der Waals surface area contributed by atoms with Crippen LogP contribution in [0.15, 0.2) is 24.3 Å². The monoisotopic (exact) mass is 341 g/mol. The Hall–Kier alpha value is -1.62. The number of benzene rings is 1. The second-order valence-electron chi connectivity index (χ2n) is 5.98. The lowest BCUT2D eigenvalue weighted by atomic mass is 9.73. The molecule has 1 N–H and O–H groups in total. The number of alkyl halides is 1. The highest BCUT2D eigenvalue weighted by molar-refractivity contribution is 6.31. The molecule has 0 bridgehead atoms. The highest BCUT2D eigenvalue weighted by Crippen LogP contribution is 2.36. The molecular formula is C17H21ClFNO3. The first kappa shape index (κ1) is 17.7. The van der Waals surface area contributed by atoms with E-state index in [0.717, 1.165) is 19.3 Å². The van der Waals surface area contributed by atoms with Crippen molar-refractivity contribution in [2.45, 2.75) is 43.5 Å². The van der Waals surface area contributed by atoms with E-state index in [1.807, 2.05) is 6.92 Å². The average Bonchev–Trinajstić information content (AvgIpc) is 2.56. The molecule has 1 amide bonds. The van der Waals surface area contributed by atoms with Gasteiger partial charge in [-0.1, -0.05) is 38.0 Å². The molecule has 126 valence electrons. The molecule has 1 aromatic carbocycles. The minimum absolute atomic E-state index is 0.0721. The molecule has 0 radical (unpaired) electrons. The molecule has 0 heterocycles. The third-order valence-corrected chi connectivity index (χ3v) is 5.04. The van der Waals surface area contributed by atoms with E-state index in [1.54, 1.807) is 6.07 Å². The maximum Gasteiger partial charge on any atom is 0.331 e. The molecule has 0 spiro atoms. The molecule has 1 aromatic rings. The molecule has 0 aromatic heterocycles. The Morgan fingerprint density at radius 3 is 2.70 bits per heavy atom. The Morgan fingerprint density at radius 1 is 1.39 bits per heavy atom. The average molecular weight is 342 g/mol. The van der Waals surface area contributed by atoms with E-state index >= 15 is 0 Å². The first-order valence-electron chi connectivity index (χ1n) is 7.71. The number of hydrogen-bond acceptors (Lipinski definition) is 3. The number of ether oxygens (including phenoxy) is 1. The Labute approximate surface area is 140 Å². The van der Waals surface area contributed by atoms with Crippen LogP contribution >= 0.6 is 11.6 Å². The van der Waals surface area contributed by atoms with Gasteiger partial charge in [0.25, 0.3) is 0 Å². The molecule has 0 aliphatic heterocycles. The van der Waals surface area contributed by atoms with E-state index in [9.17, 15) is 14.0 Å². The number of esters is 1. The van der Waals surface area contributed by atoms with Crippen LogP contribution in [0.2, 0.25) is 0 Å². The van der Waals surface area contributed by atoms with Crippen LogP contribution in [0.3, 0.4) is 0 Å². The van der Waals surface area contributed by atoms with E-state index in [0.29, 0.717) is 6.42 Å². The van der Waals surface area contributed by atoms with Crippen molar-refractivity contribution in [2.75, 3.05) is 7.11 Å². The van der Waals surface area contributed by atoms with Crippen molar-refractivity contribution in [2.24, 2.45) is 5.92 Å². The van der Waals surface area contributed by atoms with Gasteiger partial charge in [0.2, 0.25) is 5.91 Å². The molecule has 3 atom stereocenters. The quantitative estimate of drug-likeness (QED) is 0.675. The van der Waals surface area contributed by atoms with Gasteiger partial charge >= 0.3 is 5.97 Å². The van der Waals surface area contributed by atoms with E-state index < -0.39 is 28.6 Å². The van der Waals surface area contributed by atoms with Crippen LogP contribution in [-0.2, 0) is 14.3 Å². The van der Waals surface area contributed by atoms with Gasteiger partial charge in [0.1, 0.15) is 16.7 Å². The number of rotatable bonds is 4. The maximum absolute atomic E-state index is 13.8. The topological polar surface area (TPSA) is 55.4 Å². The predicted octanol–water partition coefficient (Wildman–Crippen LogP) is 3.34. The third-order valence-electron chi connectivity index (χ3n) is 4.60. The largest absolute Gasteiger partial charge is 0.467 e. The Kier molecular flexibility index (Phi) is 5.63. The van der Waals surface area contributed by atoms with Crippen LogP contribution in [0.25, 0.3) is 0 Å². The highest BCUT2D eigenvalue weighted by Gasteiger charge is 2.48. The maximum atomic E-state index is 13.8. The smallest absolute Gasteiger partial charge is 0.331 e. The predicted molar refractivity (Wildman–Crippen MR) is 85.5 cm³/mol. The fraction of sp³-hybridized carbons (Fsp3) is 0.529. The van der Waals surface area contributed by atoms with Crippen LogP contribution in [0, 0.1) is 11.7 Å². The molecule has 1 fully saturated rings. The van der Waals surface area contributed by atoms with Gasteiger partial charge in [0.15, 0.2) is 0 Å². The summed E-state index contributed by atoms with van der Waals surface area (Å²) < 4.78 is 18.7. The standard InChI is InChI=1S/C17H21ClFNO3/c1-11-7-5-6-10-17(11,16(22)23-2)20-15(21)14(18)12-8-3-4-9-13(12)19/h3-4,8-9,11,14H,5-7,10H2,1-2H3,(H,20,21). The fourth-order valence-corrected chi connectivity index (χ4v) is 3.41. The molecule has 1 aliphatic carbocycles. The van der Waals surface area contributed by atoms with Crippen molar-refractivity contribution in [3.8, 4) is 0 Å². The highest BCUT2D eigenvalue weighted by atomic mass is 35.5. The van der Waals surface area contributed by atoms with Crippen LogP contribution < -0.4 is 5.32 Å². The van der Waals surface area contributed by atoms with Gasteiger partial charge in [-0.3, -0.25) is 4.79 Å². The van der Waals surface area contributed by atoms with Gasteiger partial charge in [-0.25, -0.2) is 9.18 Å². The fourth-order valence-electron chi connectivity index (χ4n) is 3.17. The number of methoxy groups -OCH3 is 1. The van der Waals surface area contributed by atoms with E-state index in [-0.39, 0.29) is 11.5 Å². The normalized spacial score (nSPS) is 25.5. The number of halogens is 2. The number of hydrogen-bond donors (Lipinski definition) is 1. The lowest BCUT2D eigenvalue weighted by molar-refractivity contribution is -0.155. The summed E-state index contributed by atoms with van der Waals surface area (Å²) >= 11 is 6.13. The summed E-state index contributed by atoms with van der Waals surface area (Å²) in [5.41, 5.74) is -1.00. The van der Waals surface area contributed by atoms with E-state index in [2.05, 4.69) is 5.32 Å². The summed E-state index contributed by atoms with van der Waals surface area (Å²) in [6.45, 7) is 1.91. The zero-order chi connectivity index (χ0) is 17.0. The second-order valence-corrected chi connectivity index (χ2v) is 6.42. The van der Waals surface area contributed by atoms with E-state index in [1.165, 1.54) is 25.3 Å². The van der Waals surface area contributed by atoms with Crippen molar-refractivity contribution in [1.82, 2.24) is 5.32 Å². The summed E-state index contributed by atoms with van der Waals surface area (Å²) in [6.07, 6.45) is 3.11. The summed E-state index contributed by atoms with van der Waals surface area (Å²) in [7, 11) is 1.30. The van der Waals surface area contributed by atoms with Crippen molar-refractivity contribution in [3.63, 3.8) is 0 Å². The number of carbonyl (C=O) groups is 2. The van der Waals surface area contributed by atoms with Crippen LogP contribution in [-0.4, -0.2) is 24.5 Å². The SMILES string of the molecule is COC(=O)C1(NC(=O)C(Cl)c2ccccc2F)CCCCC1C. The minimum atomic E-state index is -1.20. The lowest BCUT2D eigenvalue weighted by Crippen LogP contribution is -2.61. The van der Waals surface area contributed by atoms with Crippen LogP contribution in [0.1, 0.15) is 43.5 Å². The summed E-state index contributed by atoms with van der Waals surface area (Å²) in [5.74, 6) is -1.69. The Morgan fingerprint density at radius 2 is 2.09 bits per heavy atom. The molecule has 3 unspecified atom stereocenters. The van der Waals surface area contributed by atoms with Gasteiger partial charge in [0.05, 0.1) is 7.11 Å². The van der Waals surface area contributed by atoms with Gasteiger partial charge in [0, 0.05) is 5.56 Å². The van der Waals surface area contributed by atoms with Crippen molar-refractivity contribution in [1.29, 1.82) is 0 Å².